The molecule has 0 fully saturated rings. The summed E-state index contributed by atoms with van der Waals surface area (Å²) in [5.41, 5.74) is 10.1. The predicted octanol–water partition coefficient (Wildman–Crippen LogP) is 3.97. The number of hydrogen-bond acceptors (Lipinski definition) is 3. The minimum absolute atomic E-state index is 0.282. The summed E-state index contributed by atoms with van der Waals surface area (Å²) in [7, 11) is 0. The summed E-state index contributed by atoms with van der Waals surface area (Å²) in [6.45, 7) is 9.72. The molecule has 0 atom stereocenters. The molecule has 0 amide bonds. The van der Waals surface area contributed by atoms with Crippen molar-refractivity contribution in [3.05, 3.63) is 30.0 Å². The van der Waals surface area contributed by atoms with Crippen molar-refractivity contribution >= 4 is 22.3 Å². The summed E-state index contributed by atoms with van der Waals surface area (Å²) >= 11 is 0. The number of fused-ring (bicyclic) bond motifs is 1. The summed E-state index contributed by atoms with van der Waals surface area (Å²) in [6.07, 6.45) is 1.14. The van der Waals surface area contributed by atoms with E-state index in [1.54, 1.807) is 0 Å². The Bertz CT molecular complexity index is 588. The molecule has 1 heterocycles. The van der Waals surface area contributed by atoms with Crippen LogP contribution in [0.15, 0.2) is 24.3 Å². The van der Waals surface area contributed by atoms with Crippen LogP contribution in [0.25, 0.3) is 10.9 Å². The quantitative estimate of drug-likeness (QED) is 0.815. The lowest BCUT2D eigenvalue weighted by Gasteiger charge is -2.24. The van der Waals surface area contributed by atoms with Gasteiger partial charge in [0.1, 0.15) is 0 Å². The highest BCUT2D eigenvalue weighted by molar-refractivity contribution is 5.93. The van der Waals surface area contributed by atoms with Crippen LogP contribution in [-0.4, -0.2) is 11.5 Å². The second kappa shape index (κ2) is 5.08. The Balaban J connectivity index is 2.38. The molecule has 0 spiro atoms. The van der Waals surface area contributed by atoms with Gasteiger partial charge in [-0.05, 0) is 43.0 Å². The highest BCUT2D eigenvalue weighted by Gasteiger charge is 2.15. The molecular formula is C16H23N3. The van der Waals surface area contributed by atoms with Gasteiger partial charge < -0.3 is 11.1 Å². The van der Waals surface area contributed by atoms with Gasteiger partial charge in [-0.2, -0.15) is 0 Å². The first-order chi connectivity index (χ1) is 8.91. The van der Waals surface area contributed by atoms with Gasteiger partial charge in [0.25, 0.3) is 0 Å². The minimum Gasteiger partial charge on any atom is -0.399 e. The molecule has 0 saturated heterocycles. The first kappa shape index (κ1) is 13.7. The first-order valence-electron chi connectivity index (χ1n) is 6.82. The van der Waals surface area contributed by atoms with E-state index >= 15 is 0 Å². The van der Waals surface area contributed by atoms with E-state index in [9.17, 15) is 0 Å². The molecule has 3 nitrogen and oxygen atoms in total. The Morgan fingerprint density at radius 2 is 2.00 bits per heavy atom. The van der Waals surface area contributed by atoms with Crippen molar-refractivity contribution in [2.75, 3.05) is 17.6 Å². The number of nitrogens with two attached hydrogens (primary N) is 1. The average molecular weight is 257 g/mol. The molecule has 3 heteroatoms. The highest BCUT2D eigenvalue weighted by atomic mass is 14.9. The van der Waals surface area contributed by atoms with E-state index in [1.165, 1.54) is 0 Å². The van der Waals surface area contributed by atoms with Crippen molar-refractivity contribution in [1.29, 1.82) is 0 Å². The van der Waals surface area contributed by atoms with Crippen LogP contribution in [0.2, 0.25) is 0 Å². The van der Waals surface area contributed by atoms with Crippen molar-refractivity contribution in [2.45, 2.75) is 34.1 Å². The van der Waals surface area contributed by atoms with E-state index in [2.05, 4.69) is 37.1 Å². The number of nitrogens with zero attached hydrogens (tertiary/aromatic N) is 1. The molecule has 2 rings (SSSR count). The largest absolute Gasteiger partial charge is 0.399 e. The van der Waals surface area contributed by atoms with Crippen LogP contribution >= 0.6 is 0 Å². The number of aryl methyl sites for hydroxylation is 1. The molecule has 0 aliphatic rings. The average Bonchev–Trinajstić information content (AvgIpc) is 2.36. The third-order valence-electron chi connectivity index (χ3n) is 3.68. The fourth-order valence-electron chi connectivity index (χ4n) is 1.98. The number of rotatable bonds is 4. The molecule has 0 radical (unpaired) electrons. The topological polar surface area (TPSA) is 50.9 Å². The van der Waals surface area contributed by atoms with E-state index in [0.717, 1.165) is 40.9 Å². The predicted molar refractivity (Wildman–Crippen MR) is 83.5 cm³/mol. The lowest BCUT2D eigenvalue weighted by Crippen LogP contribution is -2.22. The van der Waals surface area contributed by atoms with E-state index < -0.39 is 0 Å². The van der Waals surface area contributed by atoms with Crippen LogP contribution in [-0.2, 0) is 0 Å². The van der Waals surface area contributed by atoms with Gasteiger partial charge in [0, 0.05) is 29.0 Å². The van der Waals surface area contributed by atoms with Gasteiger partial charge in [-0.1, -0.05) is 20.8 Å². The van der Waals surface area contributed by atoms with Gasteiger partial charge in [-0.25, -0.2) is 0 Å². The number of hydrogen-bond donors (Lipinski definition) is 2. The Morgan fingerprint density at radius 1 is 1.26 bits per heavy atom. The van der Waals surface area contributed by atoms with Gasteiger partial charge in [-0.15, -0.1) is 0 Å². The number of pyridine rings is 1. The Kier molecular flexibility index (Phi) is 3.65. The second-order valence-corrected chi connectivity index (χ2v) is 5.96. The molecule has 0 aliphatic carbocycles. The summed E-state index contributed by atoms with van der Waals surface area (Å²) in [4.78, 5) is 4.55. The fourth-order valence-corrected chi connectivity index (χ4v) is 1.98. The number of nitrogen functional groups attached to an aromatic ring is 1. The lowest BCUT2D eigenvalue weighted by molar-refractivity contribution is 0.377. The van der Waals surface area contributed by atoms with Gasteiger partial charge in [-0.3, -0.25) is 4.98 Å². The zero-order chi connectivity index (χ0) is 14.0. The van der Waals surface area contributed by atoms with E-state index in [-0.39, 0.29) is 5.41 Å². The smallest absolute Gasteiger partial charge is 0.0727 e. The Labute approximate surface area is 115 Å². The van der Waals surface area contributed by atoms with Crippen molar-refractivity contribution in [1.82, 2.24) is 4.98 Å². The van der Waals surface area contributed by atoms with Crippen molar-refractivity contribution < 1.29 is 0 Å². The molecular weight excluding hydrogens is 234 g/mol. The summed E-state index contributed by atoms with van der Waals surface area (Å²) < 4.78 is 0. The van der Waals surface area contributed by atoms with Crippen LogP contribution in [0.5, 0.6) is 0 Å². The monoisotopic (exact) mass is 257 g/mol. The van der Waals surface area contributed by atoms with Crippen molar-refractivity contribution in [2.24, 2.45) is 5.41 Å². The normalized spacial score (nSPS) is 11.8. The SMILES string of the molecule is CCC(C)(C)CNc1cc(C)nc2ccc(N)cc12. The summed E-state index contributed by atoms with van der Waals surface area (Å²) in [5, 5.41) is 4.65. The third-order valence-corrected chi connectivity index (χ3v) is 3.68. The van der Waals surface area contributed by atoms with Crippen LogP contribution in [0.1, 0.15) is 32.9 Å². The third kappa shape index (κ3) is 3.16. The van der Waals surface area contributed by atoms with Crippen LogP contribution in [0.3, 0.4) is 0 Å². The molecule has 19 heavy (non-hydrogen) atoms. The van der Waals surface area contributed by atoms with Crippen LogP contribution in [0, 0.1) is 12.3 Å². The van der Waals surface area contributed by atoms with Gasteiger partial charge >= 0.3 is 0 Å². The van der Waals surface area contributed by atoms with E-state index in [1.807, 2.05) is 25.1 Å². The molecule has 0 unspecified atom stereocenters. The number of aromatic nitrogens is 1. The van der Waals surface area contributed by atoms with Gasteiger partial charge in [0.05, 0.1) is 5.52 Å². The molecule has 102 valence electrons. The minimum atomic E-state index is 0.282. The maximum atomic E-state index is 5.88. The molecule has 0 bridgehead atoms. The zero-order valence-electron chi connectivity index (χ0n) is 12.2. The van der Waals surface area contributed by atoms with Crippen molar-refractivity contribution in [3.8, 4) is 0 Å². The molecule has 0 aliphatic heterocycles. The van der Waals surface area contributed by atoms with Crippen LogP contribution < -0.4 is 11.1 Å². The molecule has 1 aromatic heterocycles. The lowest BCUT2D eigenvalue weighted by atomic mass is 9.90. The molecule has 2 aromatic rings. The summed E-state index contributed by atoms with van der Waals surface area (Å²) in [5.74, 6) is 0. The summed E-state index contributed by atoms with van der Waals surface area (Å²) in [6, 6.07) is 7.96. The Hall–Kier alpha value is -1.77. The maximum Gasteiger partial charge on any atom is 0.0727 e. The maximum absolute atomic E-state index is 5.88. The second-order valence-electron chi connectivity index (χ2n) is 5.96. The molecule has 1 aromatic carbocycles. The number of benzene rings is 1. The van der Waals surface area contributed by atoms with E-state index in [4.69, 9.17) is 5.73 Å². The fraction of sp³-hybridized carbons (Fsp3) is 0.438. The standard InChI is InChI=1S/C16H23N3/c1-5-16(3,4)10-18-15-8-11(2)19-14-7-6-12(17)9-13(14)15/h6-9H,5,10,17H2,1-4H3,(H,18,19). The number of anilines is 2. The van der Waals surface area contributed by atoms with E-state index in [0.29, 0.717) is 0 Å². The van der Waals surface area contributed by atoms with Crippen LogP contribution in [0.4, 0.5) is 11.4 Å². The first-order valence-corrected chi connectivity index (χ1v) is 6.82. The van der Waals surface area contributed by atoms with Gasteiger partial charge in [0.2, 0.25) is 0 Å². The zero-order valence-corrected chi connectivity index (χ0v) is 12.2. The number of nitrogens with one attached hydrogen (secondary N) is 1. The molecule has 3 N–H and O–H groups in total. The van der Waals surface area contributed by atoms with Crippen molar-refractivity contribution in [3.63, 3.8) is 0 Å². The highest BCUT2D eigenvalue weighted by Crippen LogP contribution is 2.27. The Morgan fingerprint density at radius 3 is 2.68 bits per heavy atom. The van der Waals surface area contributed by atoms with Gasteiger partial charge in [0.15, 0.2) is 0 Å². The molecule has 0 saturated carbocycles.